The SMILES string of the molecule is C=C/C=C\C(=C\C)C(=C)C=C. The molecule has 0 rings (SSSR count). The van der Waals surface area contributed by atoms with Crippen LogP contribution in [0.15, 0.2) is 61.3 Å². The lowest BCUT2D eigenvalue weighted by atomic mass is 10.1. The summed E-state index contributed by atoms with van der Waals surface area (Å²) >= 11 is 0. The summed E-state index contributed by atoms with van der Waals surface area (Å²) < 4.78 is 0. The van der Waals surface area contributed by atoms with E-state index in [1.807, 2.05) is 25.2 Å². The minimum Gasteiger partial charge on any atom is -0.0991 e. The van der Waals surface area contributed by atoms with E-state index in [0.29, 0.717) is 0 Å². The summed E-state index contributed by atoms with van der Waals surface area (Å²) in [6.07, 6.45) is 9.30. The molecule has 58 valence electrons. The molecule has 0 unspecified atom stereocenters. The van der Waals surface area contributed by atoms with E-state index < -0.39 is 0 Å². The molecule has 0 bridgehead atoms. The quantitative estimate of drug-likeness (QED) is 0.533. The summed E-state index contributed by atoms with van der Waals surface area (Å²) in [5, 5.41) is 0. The van der Waals surface area contributed by atoms with Gasteiger partial charge in [-0.1, -0.05) is 50.1 Å². The summed E-state index contributed by atoms with van der Waals surface area (Å²) in [6, 6.07) is 0. The molecule has 0 nitrogen and oxygen atoms in total. The van der Waals surface area contributed by atoms with Crippen LogP contribution >= 0.6 is 0 Å². The molecule has 0 amide bonds. The average molecular weight is 146 g/mol. The Morgan fingerprint density at radius 2 is 1.91 bits per heavy atom. The molecule has 0 heterocycles. The third-order valence-corrected chi connectivity index (χ3v) is 1.34. The molecule has 0 N–H and O–H groups in total. The molecule has 0 fully saturated rings. The third-order valence-electron chi connectivity index (χ3n) is 1.34. The Hall–Kier alpha value is -1.30. The lowest BCUT2D eigenvalue weighted by Gasteiger charge is -1.97. The maximum absolute atomic E-state index is 3.83. The second-order valence-electron chi connectivity index (χ2n) is 2.07. The van der Waals surface area contributed by atoms with E-state index in [1.165, 1.54) is 0 Å². The molecule has 0 aliphatic rings. The van der Waals surface area contributed by atoms with Crippen molar-refractivity contribution in [3.8, 4) is 0 Å². The first kappa shape index (κ1) is 9.70. The number of allylic oxidation sites excluding steroid dienone is 7. The van der Waals surface area contributed by atoms with Crippen molar-refractivity contribution in [2.24, 2.45) is 0 Å². The van der Waals surface area contributed by atoms with E-state index in [-0.39, 0.29) is 0 Å². The fourth-order valence-electron chi connectivity index (χ4n) is 0.678. The Balaban J connectivity index is 4.43. The Morgan fingerprint density at radius 1 is 1.27 bits per heavy atom. The van der Waals surface area contributed by atoms with Gasteiger partial charge < -0.3 is 0 Å². The third kappa shape index (κ3) is 3.41. The van der Waals surface area contributed by atoms with E-state index >= 15 is 0 Å². The van der Waals surface area contributed by atoms with Gasteiger partial charge in [-0.2, -0.15) is 0 Å². The zero-order valence-electron chi connectivity index (χ0n) is 7.01. The van der Waals surface area contributed by atoms with Crippen molar-refractivity contribution in [2.45, 2.75) is 6.92 Å². The van der Waals surface area contributed by atoms with Crippen LogP contribution in [0.25, 0.3) is 0 Å². The first-order valence-corrected chi connectivity index (χ1v) is 3.53. The van der Waals surface area contributed by atoms with E-state index in [1.54, 1.807) is 12.2 Å². The Kier molecular flexibility index (Phi) is 4.83. The van der Waals surface area contributed by atoms with Crippen LogP contribution in [0.2, 0.25) is 0 Å². The van der Waals surface area contributed by atoms with Crippen LogP contribution in [0.1, 0.15) is 6.92 Å². The molecule has 0 aromatic heterocycles. The molecule has 0 aromatic rings. The topological polar surface area (TPSA) is 0 Å². The number of hydrogen-bond acceptors (Lipinski definition) is 0. The standard InChI is InChI=1S/C11H14/c1-5-8-9-11(7-3)10(4)6-2/h5-9H,1-2,4H2,3H3/b9-8-,11-7-. The molecule has 0 aliphatic carbocycles. The second kappa shape index (κ2) is 5.48. The van der Waals surface area contributed by atoms with Crippen LogP contribution in [0, 0.1) is 0 Å². The van der Waals surface area contributed by atoms with Crippen molar-refractivity contribution >= 4 is 0 Å². The fraction of sp³-hybridized carbons (Fsp3) is 0.0909. The largest absolute Gasteiger partial charge is 0.0991 e. The molecule has 0 saturated carbocycles. The first-order chi connectivity index (χ1) is 5.26. The summed E-state index contributed by atoms with van der Waals surface area (Å²) in [5.74, 6) is 0. The summed E-state index contributed by atoms with van der Waals surface area (Å²) in [5.41, 5.74) is 2.02. The van der Waals surface area contributed by atoms with Gasteiger partial charge >= 0.3 is 0 Å². The fourth-order valence-corrected chi connectivity index (χ4v) is 0.678. The minimum atomic E-state index is 0.936. The predicted octanol–water partition coefficient (Wildman–Crippen LogP) is 3.42. The molecule has 0 radical (unpaired) electrons. The molecule has 0 saturated heterocycles. The lowest BCUT2D eigenvalue weighted by Crippen LogP contribution is -1.77. The van der Waals surface area contributed by atoms with Gasteiger partial charge in [0.15, 0.2) is 0 Å². The molecule has 0 aliphatic heterocycles. The summed E-state index contributed by atoms with van der Waals surface area (Å²) in [6.45, 7) is 13.0. The molecule has 0 spiro atoms. The minimum absolute atomic E-state index is 0.936. The van der Waals surface area contributed by atoms with Gasteiger partial charge in [0.2, 0.25) is 0 Å². The monoisotopic (exact) mass is 146 g/mol. The van der Waals surface area contributed by atoms with Crippen molar-refractivity contribution in [3.05, 3.63) is 61.3 Å². The molecular weight excluding hydrogens is 132 g/mol. The highest BCUT2D eigenvalue weighted by atomic mass is 13.9. The maximum Gasteiger partial charge on any atom is -0.0233 e. The smallest absolute Gasteiger partial charge is 0.0233 e. The van der Waals surface area contributed by atoms with Crippen molar-refractivity contribution in [1.82, 2.24) is 0 Å². The van der Waals surface area contributed by atoms with E-state index in [2.05, 4.69) is 19.7 Å². The molecule has 0 atom stereocenters. The van der Waals surface area contributed by atoms with E-state index in [4.69, 9.17) is 0 Å². The van der Waals surface area contributed by atoms with Crippen LogP contribution in [-0.2, 0) is 0 Å². The highest BCUT2D eigenvalue weighted by Crippen LogP contribution is 2.09. The molecule has 11 heavy (non-hydrogen) atoms. The van der Waals surface area contributed by atoms with Gasteiger partial charge in [-0.25, -0.2) is 0 Å². The van der Waals surface area contributed by atoms with E-state index in [9.17, 15) is 0 Å². The summed E-state index contributed by atoms with van der Waals surface area (Å²) in [7, 11) is 0. The van der Waals surface area contributed by atoms with Crippen molar-refractivity contribution in [1.29, 1.82) is 0 Å². The van der Waals surface area contributed by atoms with Gasteiger partial charge in [0.1, 0.15) is 0 Å². The second-order valence-corrected chi connectivity index (χ2v) is 2.07. The van der Waals surface area contributed by atoms with Crippen molar-refractivity contribution < 1.29 is 0 Å². The van der Waals surface area contributed by atoms with Gasteiger partial charge in [-0.3, -0.25) is 0 Å². The molecule has 0 aromatic carbocycles. The Bertz CT molecular complexity index is 214. The van der Waals surface area contributed by atoms with Crippen LogP contribution < -0.4 is 0 Å². The first-order valence-electron chi connectivity index (χ1n) is 3.53. The molecule has 0 heteroatoms. The zero-order chi connectivity index (χ0) is 8.69. The Morgan fingerprint density at radius 3 is 2.27 bits per heavy atom. The number of rotatable bonds is 4. The Labute approximate surface area is 68.9 Å². The molecular formula is C11H14. The van der Waals surface area contributed by atoms with Crippen molar-refractivity contribution in [2.75, 3.05) is 0 Å². The van der Waals surface area contributed by atoms with Gasteiger partial charge in [0.05, 0.1) is 0 Å². The maximum atomic E-state index is 3.83. The highest BCUT2D eigenvalue weighted by molar-refractivity contribution is 5.44. The summed E-state index contributed by atoms with van der Waals surface area (Å²) in [4.78, 5) is 0. The van der Waals surface area contributed by atoms with E-state index in [0.717, 1.165) is 11.1 Å². The van der Waals surface area contributed by atoms with Gasteiger partial charge in [-0.05, 0) is 18.1 Å². The van der Waals surface area contributed by atoms with Crippen LogP contribution in [0.3, 0.4) is 0 Å². The van der Waals surface area contributed by atoms with Crippen molar-refractivity contribution in [3.63, 3.8) is 0 Å². The predicted molar refractivity (Wildman–Crippen MR) is 52.4 cm³/mol. The van der Waals surface area contributed by atoms with Crippen LogP contribution in [0.4, 0.5) is 0 Å². The lowest BCUT2D eigenvalue weighted by molar-refractivity contribution is 1.53. The van der Waals surface area contributed by atoms with Gasteiger partial charge in [0.25, 0.3) is 0 Å². The van der Waals surface area contributed by atoms with Gasteiger partial charge in [-0.15, -0.1) is 0 Å². The normalized spacial score (nSPS) is 11.5. The highest BCUT2D eigenvalue weighted by Gasteiger charge is 1.89. The average Bonchev–Trinajstić information content (AvgIpc) is 2.05. The zero-order valence-corrected chi connectivity index (χ0v) is 7.01. The van der Waals surface area contributed by atoms with Crippen LogP contribution in [0.5, 0.6) is 0 Å². The number of hydrogen-bond donors (Lipinski definition) is 0. The van der Waals surface area contributed by atoms with Crippen LogP contribution in [-0.4, -0.2) is 0 Å². The van der Waals surface area contributed by atoms with Gasteiger partial charge in [0, 0.05) is 0 Å².